The highest BCUT2D eigenvalue weighted by Crippen LogP contribution is 2.33. The molecule has 0 radical (unpaired) electrons. The molecular formula is C24H28F9N9O3. The number of halogens is 9. The number of amides is 2. The summed E-state index contributed by atoms with van der Waals surface area (Å²) in [4.78, 5) is 26.1. The number of rotatable bonds is 13. The van der Waals surface area contributed by atoms with Crippen LogP contribution in [0.3, 0.4) is 0 Å². The van der Waals surface area contributed by atoms with E-state index in [2.05, 4.69) is 25.7 Å². The zero-order valence-electron chi connectivity index (χ0n) is 24.0. The molecule has 0 aromatic carbocycles. The maximum absolute atomic E-state index is 14.9. The van der Waals surface area contributed by atoms with E-state index in [4.69, 9.17) is 4.74 Å². The second-order valence-electron chi connectivity index (χ2n) is 10.5. The summed E-state index contributed by atoms with van der Waals surface area (Å²) in [6.45, 7) is 1.97. The number of alkyl halides is 8. The lowest BCUT2D eigenvalue weighted by molar-refractivity contribution is -0.264. The third kappa shape index (κ3) is 8.94. The Morgan fingerprint density at radius 3 is 2.33 bits per heavy atom. The van der Waals surface area contributed by atoms with Gasteiger partial charge in [0.15, 0.2) is 11.4 Å². The Bertz CT molecular complexity index is 1460. The summed E-state index contributed by atoms with van der Waals surface area (Å²) >= 11 is 0. The molecule has 45 heavy (non-hydrogen) atoms. The molecule has 0 bridgehead atoms. The van der Waals surface area contributed by atoms with Gasteiger partial charge in [0.1, 0.15) is 36.3 Å². The molecule has 21 heteroatoms. The highest BCUT2D eigenvalue weighted by atomic mass is 19.4. The van der Waals surface area contributed by atoms with E-state index >= 15 is 0 Å². The van der Waals surface area contributed by atoms with E-state index in [0.717, 1.165) is 0 Å². The van der Waals surface area contributed by atoms with Crippen LogP contribution in [0, 0.1) is 5.95 Å². The number of nitrogens with one attached hydrogen (secondary N) is 2. The summed E-state index contributed by atoms with van der Waals surface area (Å²) in [7, 11) is 0. The summed E-state index contributed by atoms with van der Waals surface area (Å²) < 4.78 is 128. The van der Waals surface area contributed by atoms with Crippen LogP contribution in [0.25, 0.3) is 0 Å². The minimum absolute atomic E-state index is 0.0744. The second-order valence-corrected chi connectivity index (χ2v) is 10.5. The standard InChI is InChI=1S/C24H28F9N9O3/c1-12(2)42-15(5-6-35-42)21(44)37-14(9-45-22(3,4)24(31,32)33)20(43)36-13-8-41(39-18(13)27)16(7-17(25)26)19-38-34-11-40(19)10-23(28,29)30/h5-6,8,11-12,14,16-17H,7,9-10H2,1-4H3,(H,36,43)(H,37,44)/t14-,16-/m0/s1. The molecule has 3 aromatic rings. The van der Waals surface area contributed by atoms with E-state index in [1.807, 2.05) is 5.32 Å². The van der Waals surface area contributed by atoms with Crippen molar-refractivity contribution >= 4 is 17.5 Å². The zero-order chi connectivity index (χ0) is 33.9. The number of carbonyl (C=O) groups is 2. The molecule has 2 amide bonds. The first-order valence-corrected chi connectivity index (χ1v) is 13.0. The Balaban J connectivity index is 1.91. The van der Waals surface area contributed by atoms with E-state index in [9.17, 15) is 49.1 Å². The smallest absolute Gasteiger partial charge is 0.363 e. The number of nitrogens with zero attached hydrogens (tertiary/aromatic N) is 7. The van der Waals surface area contributed by atoms with Gasteiger partial charge in [-0.3, -0.25) is 19.0 Å². The van der Waals surface area contributed by atoms with Crippen LogP contribution in [-0.2, 0) is 16.1 Å². The Morgan fingerprint density at radius 2 is 1.76 bits per heavy atom. The molecule has 0 spiro atoms. The molecule has 3 aromatic heterocycles. The van der Waals surface area contributed by atoms with Crippen LogP contribution >= 0.6 is 0 Å². The van der Waals surface area contributed by atoms with Crippen molar-refractivity contribution in [3.63, 3.8) is 0 Å². The zero-order valence-corrected chi connectivity index (χ0v) is 24.0. The van der Waals surface area contributed by atoms with Crippen molar-refractivity contribution in [3.8, 4) is 0 Å². The Labute approximate surface area is 248 Å². The van der Waals surface area contributed by atoms with Gasteiger partial charge >= 0.3 is 12.4 Å². The van der Waals surface area contributed by atoms with Crippen LogP contribution in [0.2, 0.25) is 0 Å². The molecule has 0 aliphatic rings. The average molecular weight is 662 g/mol. The van der Waals surface area contributed by atoms with Gasteiger partial charge in [-0.2, -0.15) is 35.8 Å². The van der Waals surface area contributed by atoms with E-state index in [-0.39, 0.29) is 11.7 Å². The summed E-state index contributed by atoms with van der Waals surface area (Å²) in [5, 5.41) is 18.3. The fourth-order valence-electron chi connectivity index (χ4n) is 3.86. The van der Waals surface area contributed by atoms with E-state index in [0.29, 0.717) is 35.6 Å². The van der Waals surface area contributed by atoms with Crippen molar-refractivity contribution < 1.29 is 53.8 Å². The molecule has 2 atom stereocenters. The molecule has 2 N–H and O–H groups in total. The van der Waals surface area contributed by atoms with Crippen LogP contribution in [0.1, 0.15) is 62.5 Å². The van der Waals surface area contributed by atoms with Crippen molar-refractivity contribution in [2.24, 2.45) is 0 Å². The summed E-state index contributed by atoms with van der Waals surface area (Å²) in [6, 6.07) is -2.74. The Hall–Kier alpha value is -4.17. The highest BCUT2D eigenvalue weighted by Gasteiger charge is 2.49. The van der Waals surface area contributed by atoms with E-state index in [1.54, 1.807) is 13.8 Å². The minimum atomic E-state index is -4.89. The topological polar surface area (TPSA) is 134 Å². The minimum Gasteiger partial charge on any atom is -0.363 e. The maximum Gasteiger partial charge on any atom is 0.416 e. The van der Waals surface area contributed by atoms with Crippen molar-refractivity contribution in [2.45, 2.75) is 83.2 Å². The van der Waals surface area contributed by atoms with E-state index < -0.39 is 85.3 Å². The molecule has 0 aliphatic heterocycles. The van der Waals surface area contributed by atoms with Crippen molar-refractivity contribution in [1.82, 2.24) is 39.6 Å². The number of carbonyl (C=O) groups excluding carboxylic acids is 2. The molecule has 3 heterocycles. The third-order valence-corrected chi connectivity index (χ3v) is 6.27. The first-order valence-electron chi connectivity index (χ1n) is 13.0. The predicted octanol–water partition coefficient (Wildman–Crippen LogP) is 4.29. The quantitative estimate of drug-likeness (QED) is 0.261. The summed E-state index contributed by atoms with van der Waals surface area (Å²) in [6.07, 6.45) is -11.4. The number of ether oxygens (including phenoxy) is 1. The van der Waals surface area contributed by atoms with Crippen molar-refractivity contribution in [2.75, 3.05) is 11.9 Å². The number of anilines is 1. The van der Waals surface area contributed by atoms with Gasteiger partial charge in [0, 0.05) is 18.7 Å². The molecule has 3 rings (SSSR count). The third-order valence-electron chi connectivity index (χ3n) is 6.27. The Morgan fingerprint density at radius 1 is 1.09 bits per heavy atom. The SMILES string of the molecule is CC(C)n1nccc1C(=O)N[C@@H](COC(C)(C)C(F)(F)F)C(=O)Nc1cn([C@@H](CC(F)F)c2nncn2CC(F)(F)F)nc1F. The molecule has 250 valence electrons. The predicted molar refractivity (Wildman–Crippen MR) is 136 cm³/mol. The van der Waals surface area contributed by atoms with Gasteiger partial charge in [0.25, 0.3) is 11.9 Å². The molecule has 0 saturated carbocycles. The molecule has 0 aliphatic carbocycles. The van der Waals surface area contributed by atoms with Gasteiger partial charge in [-0.15, -0.1) is 15.3 Å². The maximum atomic E-state index is 14.9. The number of aromatic nitrogens is 7. The van der Waals surface area contributed by atoms with Crippen molar-refractivity contribution in [1.29, 1.82) is 0 Å². The highest BCUT2D eigenvalue weighted by molar-refractivity contribution is 6.00. The van der Waals surface area contributed by atoms with Gasteiger partial charge in [-0.05, 0) is 33.8 Å². The molecule has 12 nitrogen and oxygen atoms in total. The lowest BCUT2D eigenvalue weighted by Gasteiger charge is -2.30. The van der Waals surface area contributed by atoms with Crippen LogP contribution in [0.15, 0.2) is 24.8 Å². The Kier molecular flexibility index (Phi) is 10.6. The fourth-order valence-corrected chi connectivity index (χ4v) is 3.86. The van der Waals surface area contributed by atoms with Gasteiger partial charge in [-0.1, -0.05) is 0 Å². The van der Waals surface area contributed by atoms with Gasteiger partial charge in [-0.25, -0.2) is 8.78 Å². The lowest BCUT2D eigenvalue weighted by Crippen LogP contribution is -2.51. The normalized spacial score (nSPS) is 14.2. The molecule has 0 unspecified atom stereocenters. The molecular weight excluding hydrogens is 633 g/mol. The molecule has 0 saturated heterocycles. The number of hydrogen-bond donors (Lipinski definition) is 2. The van der Waals surface area contributed by atoms with Gasteiger partial charge in [0.2, 0.25) is 12.3 Å². The van der Waals surface area contributed by atoms with Crippen molar-refractivity contribution in [3.05, 3.63) is 42.3 Å². The fraction of sp³-hybridized carbons (Fsp3) is 0.583. The average Bonchev–Trinajstić information content (AvgIpc) is 3.64. The molecule has 0 fully saturated rings. The largest absolute Gasteiger partial charge is 0.416 e. The van der Waals surface area contributed by atoms with Gasteiger partial charge < -0.3 is 19.9 Å². The monoisotopic (exact) mass is 661 g/mol. The summed E-state index contributed by atoms with van der Waals surface area (Å²) in [5.41, 5.74) is -3.67. The van der Waals surface area contributed by atoms with Crippen LogP contribution in [0.4, 0.5) is 45.2 Å². The van der Waals surface area contributed by atoms with Gasteiger partial charge in [0.05, 0.1) is 12.8 Å². The summed E-state index contributed by atoms with van der Waals surface area (Å²) in [5.74, 6) is -4.40. The van der Waals surface area contributed by atoms with Crippen LogP contribution in [-0.4, -0.2) is 83.2 Å². The number of hydrogen-bond acceptors (Lipinski definition) is 7. The first-order chi connectivity index (χ1) is 20.7. The van der Waals surface area contributed by atoms with Crippen LogP contribution < -0.4 is 10.6 Å². The van der Waals surface area contributed by atoms with Crippen LogP contribution in [0.5, 0.6) is 0 Å². The first kappa shape index (κ1) is 35.3. The second kappa shape index (κ2) is 13.4. The van der Waals surface area contributed by atoms with E-state index in [1.165, 1.54) is 16.9 Å². The lowest BCUT2D eigenvalue weighted by atomic mass is 10.1.